The summed E-state index contributed by atoms with van der Waals surface area (Å²) in [5.41, 5.74) is 0. The topological polar surface area (TPSA) is 451 Å². The summed E-state index contributed by atoms with van der Waals surface area (Å²) >= 11 is 0. The van der Waals surface area contributed by atoms with Crippen LogP contribution in [0, 0.1) is 0 Å². The largest absolute Gasteiger partial charge is 0.472 e. The molecule has 0 aromatic heterocycles. The van der Waals surface area contributed by atoms with Crippen LogP contribution in [-0.2, 0) is 40.8 Å². The van der Waals surface area contributed by atoms with E-state index in [1.165, 1.54) is 0 Å². The standard InChI is InChI=1S/C20H45O26P3/c21-1-9(23)17(31)11(25)3-41-47(35,36)43-5-13(27)19(33)15(29)7-45-49(39,40)46-8-16(30)20(34)14(28)6-44-48(37,38)42-4-12(26)18(32)10(24)2-22/h9-34H,1-8H2,(H,35,36)(H,37,38)(H,39,40)/t9-,10-,11+,12+,13-,14-,15-,16-,17-,18-,19?,20?/m1/s1. The van der Waals surface area contributed by atoms with Crippen LogP contribution in [0.1, 0.15) is 0 Å². The first kappa shape index (κ1) is 48.8. The normalized spacial score (nSPS) is 23.7. The van der Waals surface area contributed by atoms with E-state index in [-0.39, 0.29) is 0 Å². The summed E-state index contributed by atoms with van der Waals surface area (Å²) in [4.78, 5) is 28.8. The molecule has 0 bridgehead atoms. The number of aliphatic hydroxyl groups is 14. The zero-order valence-electron chi connectivity index (χ0n) is 25.2. The van der Waals surface area contributed by atoms with Crippen molar-refractivity contribution < 1.29 is 127 Å². The number of hydrogen-bond acceptors (Lipinski definition) is 23. The maximum Gasteiger partial charge on any atom is 0.472 e. The van der Waals surface area contributed by atoms with Crippen LogP contribution in [-0.4, -0.2) is 212 Å². The second-order valence-electron chi connectivity index (χ2n) is 10.0. The van der Waals surface area contributed by atoms with E-state index in [2.05, 4.69) is 27.1 Å². The third kappa shape index (κ3) is 19.4. The van der Waals surface area contributed by atoms with Gasteiger partial charge in [-0.15, -0.1) is 0 Å². The predicted octanol–water partition coefficient (Wildman–Crippen LogP) is -8.30. The average molecular weight is 794 g/mol. The first-order valence-corrected chi connectivity index (χ1v) is 18.1. The molecule has 296 valence electrons. The molecule has 14 atom stereocenters. The average Bonchev–Trinajstić information content (AvgIpc) is 3.06. The van der Waals surface area contributed by atoms with Crippen molar-refractivity contribution in [2.45, 2.75) is 73.2 Å². The van der Waals surface area contributed by atoms with Crippen LogP contribution in [0.5, 0.6) is 0 Å². The molecule has 17 N–H and O–H groups in total. The molecule has 0 spiro atoms. The van der Waals surface area contributed by atoms with Gasteiger partial charge in [-0.05, 0) is 0 Å². The van der Waals surface area contributed by atoms with Gasteiger partial charge in [-0.25, -0.2) is 13.7 Å². The van der Waals surface area contributed by atoms with E-state index in [1.807, 2.05) is 0 Å². The molecule has 0 heterocycles. The van der Waals surface area contributed by atoms with E-state index in [0.29, 0.717) is 0 Å². The van der Waals surface area contributed by atoms with Crippen molar-refractivity contribution >= 4 is 23.5 Å². The highest BCUT2D eigenvalue weighted by Crippen LogP contribution is 2.45. The van der Waals surface area contributed by atoms with Gasteiger partial charge in [-0.1, -0.05) is 0 Å². The molecule has 26 nitrogen and oxygen atoms in total. The smallest absolute Gasteiger partial charge is 0.394 e. The van der Waals surface area contributed by atoms with Crippen molar-refractivity contribution in [3.8, 4) is 0 Å². The van der Waals surface area contributed by atoms with Crippen molar-refractivity contribution in [1.82, 2.24) is 0 Å². The van der Waals surface area contributed by atoms with Crippen LogP contribution in [0.3, 0.4) is 0 Å². The molecule has 0 aliphatic carbocycles. The summed E-state index contributed by atoms with van der Waals surface area (Å²) in [6.45, 7) is -9.16. The SMILES string of the molecule is O=P(O)(OC[C@@H](O)C(O)[C@H](O)COP(=O)(O)OC[C@H](O)[C@H](O)[C@H](O)CO)OC[C@@H](O)C(O)[C@H](O)COP(=O)(O)OC[C@H](O)[C@H](O)[C@H](O)CO. The summed E-state index contributed by atoms with van der Waals surface area (Å²) in [5, 5.41) is 133. The zero-order valence-corrected chi connectivity index (χ0v) is 27.9. The van der Waals surface area contributed by atoms with Crippen molar-refractivity contribution in [2.75, 3.05) is 52.9 Å². The van der Waals surface area contributed by atoms with Gasteiger partial charge in [0.05, 0.1) is 52.9 Å². The Hall–Kier alpha value is -0.230. The highest BCUT2D eigenvalue weighted by atomic mass is 31.2. The Morgan fingerprint density at radius 3 is 0.612 bits per heavy atom. The molecule has 49 heavy (non-hydrogen) atoms. The Kier molecular flexibility index (Phi) is 22.6. The maximum atomic E-state index is 12.0. The van der Waals surface area contributed by atoms with Gasteiger partial charge in [-0.2, -0.15) is 0 Å². The molecule has 0 aromatic carbocycles. The Morgan fingerprint density at radius 2 is 0.469 bits per heavy atom. The van der Waals surface area contributed by atoms with Gasteiger partial charge in [0.25, 0.3) is 0 Å². The fraction of sp³-hybridized carbons (Fsp3) is 1.00. The molecule has 0 fully saturated rings. The molecular weight excluding hydrogens is 749 g/mol. The van der Waals surface area contributed by atoms with Gasteiger partial charge in [0.15, 0.2) is 0 Å². The summed E-state index contributed by atoms with van der Waals surface area (Å²) in [5.74, 6) is 0. The highest BCUT2D eigenvalue weighted by Gasteiger charge is 2.36. The van der Waals surface area contributed by atoms with Crippen molar-refractivity contribution in [1.29, 1.82) is 0 Å². The van der Waals surface area contributed by atoms with E-state index in [0.717, 1.165) is 0 Å². The van der Waals surface area contributed by atoms with Gasteiger partial charge < -0.3 is 86.2 Å². The van der Waals surface area contributed by atoms with Crippen LogP contribution in [0.2, 0.25) is 0 Å². The van der Waals surface area contributed by atoms with Crippen LogP contribution in [0.25, 0.3) is 0 Å². The predicted molar refractivity (Wildman–Crippen MR) is 151 cm³/mol. The van der Waals surface area contributed by atoms with Crippen molar-refractivity contribution in [3.63, 3.8) is 0 Å². The Labute approximate surface area is 277 Å². The second kappa shape index (κ2) is 22.8. The lowest BCUT2D eigenvalue weighted by Crippen LogP contribution is -2.43. The monoisotopic (exact) mass is 794 g/mol. The molecule has 0 saturated carbocycles. The highest BCUT2D eigenvalue weighted by molar-refractivity contribution is 7.47. The van der Waals surface area contributed by atoms with Crippen LogP contribution in [0.15, 0.2) is 0 Å². The van der Waals surface area contributed by atoms with Crippen LogP contribution < -0.4 is 0 Å². The molecular formula is C20H45O26P3. The zero-order chi connectivity index (χ0) is 38.3. The van der Waals surface area contributed by atoms with Crippen LogP contribution in [0.4, 0.5) is 0 Å². The lowest BCUT2D eigenvalue weighted by Gasteiger charge is -2.26. The Bertz CT molecular complexity index is 979. The fourth-order valence-electron chi connectivity index (χ4n) is 2.97. The maximum absolute atomic E-state index is 12.0. The van der Waals surface area contributed by atoms with Gasteiger partial charge in [-0.3, -0.25) is 27.1 Å². The summed E-state index contributed by atoms with van der Waals surface area (Å²) < 4.78 is 61.8. The molecule has 0 rings (SSSR count). The first-order valence-electron chi connectivity index (χ1n) is 13.6. The minimum absolute atomic E-state index is 0.967. The Morgan fingerprint density at radius 1 is 0.327 bits per heavy atom. The number of phosphoric acid groups is 3. The minimum Gasteiger partial charge on any atom is -0.394 e. The van der Waals surface area contributed by atoms with Crippen LogP contribution >= 0.6 is 23.5 Å². The van der Waals surface area contributed by atoms with E-state index < -0.39 is 150 Å². The summed E-state index contributed by atoms with van der Waals surface area (Å²) in [6, 6.07) is 0. The van der Waals surface area contributed by atoms with Gasteiger partial charge in [0, 0.05) is 0 Å². The third-order valence-corrected chi connectivity index (χ3v) is 8.83. The lowest BCUT2D eigenvalue weighted by atomic mass is 10.1. The van der Waals surface area contributed by atoms with Crippen molar-refractivity contribution in [2.24, 2.45) is 0 Å². The van der Waals surface area contributed by atoms with E-state index >= 15 is 0 Å². The molecule has 29 heteroatoms. The van der Waals surface area contributed by atoms with E-state index in [9.17, 15) is 89.7 Å². The Balaban J connectivity index is 4.69. The third-order valence-electron chi connectivity index (χ3n) is 5.98. The molecule has 4 unspecified atom stereocenters. The lowest BCUT2D eigenvalue weighted by molar-refractivity contribution is -0.100. The van der Waals surface area contributed by atoms with Gasteiger partial charge in [0.2, 0.25) is 0 Å². The molecule has 0 aromatic rings. The summed E-state index contributed by atoms with van der Waals surface area (Å²) in [6.07, 6.45) is -25.0. The molecule has 0 radical (unpaired) electrons. The molecule has 0 amide bonds. The fourth-order valence-corrected chi connectivity index (χ4v) is 5.24. The first-order chi connectivity index (χ1) is 22.4. The number of hydrogen-bond donors (Lipinski definition) is 17. The molecule has 0 aliphatic rings. The second-order valence-corrected chi connectivity index (χ2v) is 14.4. The van der Waals surface area contributed by atoms with E-state index in [1.54, 1.807) is 0 Å². The minimum atomic E-state index is -5.23. The van der Waals surface area contributed by atoms with Gasteiger partial charge in [0.1, 0.15) is 73.2 Å². The van der Waals surface area contributed by atoms with Crippen molar-refractivity contribution in [3.05, 3.63) is 0 Å². The molecule has 0 aliphatic heterocycles. The number of rotatable bonds is 28. The van der Waals surface area contributed by atoms with Gasteiger partial charge >= 0.3 is 23.5 Å². The van der Waals surface area contributed by atoms with E-state index in [4.69, 9.17) is 10.2 Å². The quantitative estimate of drug-likeness (QED) is 0.0327. The molecule has 0 saturated heterocycles. The number of aliphatic hydroxyl groups excluding tert-OH is 14. The summed E-state index contributed by atoms with van der Waals surface area (Å²) in [7, 11) is -15.4. The number of phosphoric ester groups is 3.